The van der Waals surface area contributed by atoms with Crippen LogP contribution < -0.4 is 11.1 Å². The fourth-order valence-electron chi connectivity index (χ4n) is 1.42. The molecule has 1 aliphatic carbocycles. The summed E-state index contributed by atoms with van der Waals surface area (Å²) >= 11 is 0. The third-order valence-electron chi connectivity index (χ3n) is 2.52. The van der Waals surface area contributed by atoms with Gasteiger partial charge in [-0.05, 0) is 19.3 Å². The SMILES string of the molecule is NC(=O)CCC(NC1CCC1)C(=O)O. The predicted molar refractivity (Wildman–Crippen MR) is 50.6 cm³/mol. The van der Waals surface area contributed by atoms with E-state index in [0.717, 1.165) is 19.3 Å². The van der Waals surface area contributed by atoms with Gasteiger partial charge in [0.15, 0.2) is 0 Å². The summed E-state index contributed by atoms with van der Waals surface area (Å²) in [5.74, 6) is -1.36. The predicted octanol–water partition coefficient (Wildman–Crippen LogP) is -0.153. The van der Waals surface area contributed by atoms with Crippen molar-refractivity contribution in [3.05, 3.63) is 0 Å². The summed E-state index contributed by atoms with van der Waals surface area (Å²) < 4.78 is 0. The summed E-state index contributed by atoms with van der Waals surface area (Å²) in [6, 6.07) is -0.322. The maximum absolute atomic E-state index is 10.8. The summed E-state index contributed by atoms with van der Waals surface area (Å²) in [7, 11) is 0. The van der Waals surface area contributed by atoms with Crippen LogP contribution in [0, 0.1) is 0 Å². The fourth-order valence-corrected chi connectivity index (χ4v) is 1.42. The lowest BCUT2D eigenvalue weighted by atomic mass is 9.92. The molecule has 1 unspecified atom stereocenters. The van der Waals surface area contributed by atoms with Crippen molar-refractivity contribution in [3.63, 3.8) is 0 Å². The molecular formula is C9H16N2O3. The highest BCUT2D eigenvalue weighted by Crippen LogP contribution is 2.19. The molecule has 1 amide bonds. The molecule has 0 radical (unpaired) electrons. The molecule has 1 saturated carbocycles. The number of hydrogen-bond donors (Lipinski definition) is 3. The van der Waals surface area contributed by atoms with Crippen molar-refractivity contribution in [2.45, 2.75) is 44.2 Å². The Morgan fingerprint density at radius 2 is 2.14 bits per heavy atom. The molecular weight excluding hydrogens is 184 g/mol. The largest absolute Gasteiger partial charge is 0.480 e. The molecule has 0 saturated heterocycles. The van der Waals surface area contributed by atoms with Crippen LogP contribution in [0.4, 0.5) is 0 Å². The van der Waals surface area contributed by atoms with E-state index in [1.807, 2.05) is 0 Å². The van der Waals surface area contributed by atoms with E-state index >= 15 is 0 Å². The van der Waals surface area contributed by atoms with Crippen LogP contribution in [0.5, 0.6) is 0 Å². The highest BCUT2D eigenvalue weighted by Gasteiger charge is 2.25. The molecule has 80 valence electrons. The van der Waals surface area contributed by atoms with Crippen molar-refractivity contribution < 1.29 is 14.7 Å². The van der Waals surface area contributed by atoms with Gasteiger partial charge in [0, 0.05) is 12.5 Å². The Balaban J connectivity index is 2.30. The molecule has 0 spiro atoms. The average molecular weight is 200 g/mol. The summed E-state index contributed by atoms with van der Waals surface area (Å²) in [6.07, 6.45) is 3.61. The quantitative estimate of drug-likeness (QED) is 0.555. The smallest absolute Gasteiger partial charge is 0.320 e. The maximum Gasteiger partial charge on any atom is 0.320 e. The van der Waals surface area contributed by atoms with E-state index in [-0.39, 0.29) is 12.8 Å². The Kier molecular flexibility index (Phi) is 3.88. The Bertz CT molecular complexity index is 226. The lowest BCUT2D eigenvalue weighted by Crippen LogP contribution is -2.46. The topological polar surface area (TPSA) is 92.4 Å². The zero-order valence-electron chi connectivity index (χ0n) is 8.03. The van der Waals surface area contributed by atoms with E-state index in [1.165, 1.54) is 0 Å². The third-order valence-corrected chi connectivity index (χ3v) is 2.52. The molecule has 0 aromatic heterocycles. The molecule has 4 N–H and O–H groups in total. The first-order valence-electron chi connectivity index (χ1n) is 4.86. The number of aliphatic carboxylic acids is 1. The second-order valence-corrected chi connectivity index (χ2v) is 3.69. The van der Waals surface area contributed by atoms with Crippen molar-refractivity contribution >= 4 is 11.9 Å². The van der Waals surface area contributed by atoms with E-state index in [2.05, 4.69) is 5.32 Å². The lowest BCUT2D eigenvalue weighted by molar-refractivity contribution is -0.140. The van der Waals surface area contributed by atoms with E-state index < -0.39 is 17.9 Å². The van der Waals surface area contributed by atoms with Crippen molar-refractivity contribution in [1.82, 2.24) is 5.32 Å². The van der Waals surface area contributed by atoms with Gasteiger partial charge in [0.25, 0.3) is 0 Å². The summed E-state index contributed by atoms with van der Waals surface area (Å²) in [4.78, 5) is 21.3. The minimum absolute atomic E-state index is 0.122. The number of carboxylic acids is 1. The molecule has 1 rings (SSSR count). The van der Waals surface area contributed by atoms with Crippen LogP contribution >= 0.6 is 0 Å². The van der Waals surface area contributed by atoms with Gasteiger partial charge >= 0.3 is 5.97 Å². The summed E-state index contributed by atoms with van der Waals surface area (Å²) in [5.41, 5.74) is 4.96. The minimum Gasteiger partial charge on any atom is -0.480 e. The standard InChI is InChI=1S/C9H16N2O3/c10-8(12)5-4-7(9(13)14)11-6-2-1-3-6/h6-7,11H,1-5H2,(H2,10,12)(H,13,14). The van der Waals surface area contributed by atoms with Crippen LogP contribution in [0.2, 0.25) is 0 Å². The summed E-state index contributed by atoms with van der Waals surface area (Å²) in [6.45, 7) is 0. The van der Waals surface area contributed by atoms with Crippen LogP contribution in [0.25, 0.3) is 0 Å². The minimum atomic E-state index is -0.904. The van der Waals surface area contributed by atoms with Crippen LogP contribution in [0.1, 0.15) is 32.1 Å². The average Bonchev–Trinajstić information content (AvgIpc) is 1.99. The molecule has 0 heterocycles. The number of amides is 1. The molecule has 1 aliphatic rings. The zero-order chi connectivity index (χ0) is 10.6. The fraction of sp³-hybridized carbons (Fsp3) is 0.778. The van der Waals surface area contributed by atoms with Gasteiger partial charge in [-0.2, -0.15) is 0 Å². The molecule has 0 aromatic rings. The van der Waals surface area contributed by atoms with Crippen LogP contribution in [-0.4, -0.2) is 29.1 Å². The molecule has 14 heavy (non-hydrogen) atoms. The normalized spacial score (nSPS) is 18.6. The van der Waals surface area contributed by atoms with Crippen molar-refractivity contribution in [2.75, 3.05) is 0 Å². The maximum atomic E-state index is 10.8. The van der Waals surface area contributed by atoms with Crippen molar-refractivity contribution in [2.24, 2.45) is 5.73 Å². The van der Waals surface area contributed by atoms with Gasteiger partial charge in [-0.15, -0.1) is 0 Å². The first kappa shape index (κ1) is 11.0. The highest BCUT2D eigenvalue weighted by molar-refractivity contribution is 5.77. The van der Waals surface area contributed by atoms with E-state index in [4.69, 9.17) is 10.8 Å². The second-order valence-electron chi connectivity index (χ2n) is 3.69. The first-order chi connectivity index (χ1) is 6.59. The van der Waals surface area contributed by atoms with E-state index in [0.29, 0.717) is 6.04 Å². The van der Waals surface area contributed by atoms with Gasteiger partial charge in [-0.25, -0.2) is 0 Å². The molecule has 5 nitrogen and oxygen atoms in total. The number of nitrogens with two attached hydrogens (primary N) is 1. The number of carbonyl (C=O) groups is 2. The van der Waals surface area contributed by atoms with Crippen molar-refractivity contribution in [3.8, 4) is 0 Å². The highest BCUT2D eigenvalue weighted by atomic mass is 16.4. The molecule has 5 heteroatoms. The van der Waals surface area contributed by atoms with Crippen LogP contribution in [-0.2, 0) is 9.59 Å². The van der Waals surface area contributed by atoms with Gasteiger partial charge in [0.1, 0.15) is 6.04 Å². The van der Waals surface area contributed by atoms with E-state index in [1.54, 1.807) is 0 Å². The Hall–Kier alpha value is -1.10. The Labute approximate surface area is 82.7 Å². The lowest BCUT2D eigenvalue weighted by Gasteiger charge is -2.29. The Morgan fingerprint density at radius 3 is 2.50 bits per heavy atom. The number of carboxylic acid groups (broad SMARTS) is 1. The van der Waals surface area contributed by atoms with E-state index in [9.17, 15) is 9.59 Å². The zero-order valence-corrected chi connectivity index (χ0v) is 8.03. The molecule has 1 atom stereocenters. The van der Waals surface area contributed by atoms with Gasteiger partial charge in [-0.1, -0.05) is 6.42 Å². The first-order valence-corrected chi connectivity index (χ1v) is 4.86. The van der Waals surface area contributed by atoms with Gasteiger partial charge in [0.05, 0.1) is 0 Å². The van der Waals surface area contributed by atoms with Gasteiger partial charge in [-0.3, -0.25) is 9.59 Å². The van der Waals surface area contributed by atoms with Crippen LogP contribution in [0.3, 0.4) is 0 Å². The summed E-state index contributed by atoms with van der Waals surface area (Å²) in [5, 5.41) is 11.8. The van der Waals surface area contributed by atoms with Gasteiger partial charge < -0.3 is 16.2 Å². The Morgan fingerprint density at radius 1 is 1.50 bits per heavy atom. The number of hydrogen-bond acceptors (Lipinski definition) is 3. The molecule has 0 bridgehead atoms. The van der Waals surface area contributed by atoms with Crippen LogP contribution in [0.15, 0.2) is 0 Å². The number of rotatable bonds is 6. The molecule has 0 aliphatic heterocycles. The second kappa shape index (κ2) is 4.95. The molecule has 0 aromatic carbocycles. The van der Waals surface area contributed by atoms with Crippen molar-refractivity contribution in [1.29, 1.82) is 0 Å². The number of nitrogens with one attached hydrogen (secondary N) is 1. The number of carbonyl (C=O) groups excluding carboxylic acids is 1. The molecule has 1 fully saturated rings. The third kappa shape index (κ3) is 3.33. The number of primary amides is 1. The monoisotopic (exact) mass is 200 g/mol. The van der Waals surface area contributed by atoms with Gasteiger partial charge in [0.2, 0.25) is 5.91 Å².